The number of nitrogens with zero attached hydrogens (tertiary/aromatic N) is 3. The van der Waals surface area contributed by atoms with Gasteiger partial charge in [-0.25, -0.2) is 18.7 Å². The highest BCUT2D eigenvalue weighted by atomic mass is 19.4. The molecule has 146 valence electrons. The van der Waals surface area contributed by atoms with Crippen molar-refractivity contribution in [2.75, 3.05) is 0 Å². The molecule has 2 aromatic heterocycles. The molecule has 10 heteroatoms. The summed E-state index contributed by atoms with van der Waals surface area (Å²) in [5, 5.41) is -0.448. The fourth-order valence-corrected chi connectivity index (χ4v) is 2.67. The first-order valence-corrected chi connectivity index (χ1v) is 8.08. The standard InChI is InChI=1S/C18H12F5N3O2/c19-14-12(16-24-8-11(9-25-16)18(21,22)23)7-10-3-5-26(4-1-2-6-27)17(28)13(10)15(14)20/h3,5-9H,1-2,4H2. The summed E-state index contributed by atoms with van der Waals surface area (Å²) in [5.41, 5.74) is -2.37. The molecule has 3 rings (SSSR count). The Bertz CT molecular complexity index is 1090. The van der Waals surface area contributed by atoms with E-state index in [0.29, 0.717) is 25.1 Å². The van der Waals surface area contributed by atoms with Crippen molar-refractivity contribution in [2.45, 2.75) is 25.6 Å². The molecule has 28 heavy (non-hydrogen) atoms. The number of carbonyl (C=O) groups excluding carboxylic acids is 1. The van der Waals surface area contributed by atoms with Gasteiger partial charge in [0.25, 0.3) is 5.56 Å². The molecule has 0 unspecified atom stereocenters. The van der Waals surface area contributed by atoms with Gasteiger partial charge in [0.2, 0.25) is 0 Å². The van der Waals surface area contributed by atoms with Crippen molar-refractivity contribution < 1.29 is 26.7 Å². The van der Waals surface area contributed by atoms with E-state index in [1.165, 1.54) is 12.3 Å². The molecule has 0 spiro atoms. The van der Waals surface area contributed by atoms with Crippen molar-refractivity contribution in [3.05, 3.63) is 58.3 Å². The maximum Gasteiger partial charge on any atom is 0.419 e. The van der Waals surface area contributed by atoms with Crippen molar-refractivity contribution in [3.8, 4) is 11.4 Å². The maximum absolute atomic E-state index is 14.6. The van der Waals surface area contributed by atoms with Crippen molar-refractivity contribution in [3.63, 3.8) is 0 Å². The highest BCUT2D eigenvalue weighted by Gasteiger charge is 2.31. The molecule has 0 radical (unpaired) electrons. The van der Waals surface area contributed by atoms with Crippen LogP contribution in [0.15, 0.2) is 35.5 Å². The Labute approximate surface area is 154 Å². The van der Waals surface area contributed by atoms with E-state index in [2.05, 4.69) is 9.97 Å². The van der Waals surface area contributed by atoms with E-state index in [4.69, 9.17) is 0 Å². The molecular weight excluding hydrogens is 385 g/mol. The van der Waals surface area contributed by atoms with Crippen LogP contribution in [0, 0.1) is 11.6 Å². The van der Waals surface area contributed by atoms with Gasteiger partial charge in [0.1, 0.15) is 6.29 Å². The van der Waals surface area contributed by atoms with Crippen LogP contribution in [0.1, 0.15) is 18.4 Å². The van der Waals surface area contributed by atoms with E-state index in [-0.39, 0.29) is 18.4 Å². The van der Waals surface area contributed by atoms with Gasteiger partial charge in [-0.2, -0.15) is 13.2 Å². The number of aromatic nitrogens is 3. The average Bonchev–Trinajstić information content (AvgIpc) is 2.65. The van der Waals surface area contributed by atoms with Crippen molar-refractivity contribution in [2.24, 2.45) is 0 Å². The van der Waals surface area contributed by atoms with Crippen molar-refractivity contribution in [1.29, 1.82) is 0 Å². The van der Waals surface area contributed by atoms with Crippen LogP contribution in [0.3, 0.4) is 0 Å². The van der Waals surface area contributed by atoms with Crippen LogP contribution >= 0.6 is 0 Å². The molecule has 3 aromatic rings. The number of carbonyl (C=O) groups is 1. The normalized spacial score (nSPS) is 11.8. The van der Waals surface area contributed by atoms with Crippen molar-refractivity contribution >= 4 is 17.1 Å². The second-order valence-corrected chi connectivity index (χ2v) is 5.93. The van der Waals surface area contributed by atoms with Crippen LogP contribution in [-0.4, -0.2) is 20.8 Å². The summed E-state index contributed by atoms with van der Waals surface area (Å²) >= 11 is 0. The van der Waals surface area contributed by atoms with Gasteiger partial charge in [0.15, 0.2) is 17.5 Å². The molecule has 1 aromatic carbocycles. The van der Waals surface area contributed by atoms with Crippen LogP contribution in [0.2, 0.25) is 0 Å². The minimum absolute atomic E-state index is 0.0500. The molecule has 0 bridgehead atoms. The number of halogens is 5. The van der Waals surface area contributed by atoms with E-state index < -0.39 is 45.7 Å². The molecule has 0 N–H and O–H groups in total. The first-order valence-electron chi connectivity index (χ1n) is 8.08. The van der Waals surface area contributed by atoms with Gasteiger partial charge in [0.05, 0.1) is 16.5 Å². The smallest absolute Gasteiger partial charge is 0.315 e. The number of pyridine rings is 1. The van der Waals surface area contributed by atoms with E-state index in [9.17, 15) is 31.5 Å². The van der Waals surface area contributed by atoms with E-state index in [1.807, 2.05) is 0 Å². The molecule has 0 amide bonds. The molecule has 0 aliphatic rings. The second kappa shape index (κ2) is 7.45. The van der Waals surface area contributed by atoms with Crippen molar-refractivity contribution in [1.82, 2.24) is 14.5 Å². The SMILES string of the molecule is O=CCCCn1ccc2cc(-c3ncc(C(F)(F)F)cn3)c(F)c(F)c2c1=O. The van der Waals surface area contributed by atoms with Gasteiger partial charge in [0, 0.05) is 31.6 Å². The molecule has 0 atom stereocenters. The lowest BCUT2D eigenvalue weighted by molar-refractivity contribution is -0.138. The molecule has 0 saturated carbocycles. The molecule has 0 aliphatic heterocycles. The van der Waals surface area contributed by atoms with Crippen LogP contribution in [0.25, 0.3) is 22.2 Å². The lowest BCUT2D eigenvalue weighted by Crippen LogP contribution is -2.21. The lowest BCUT2D eigenvalue weighted by atomic mass is 10.1. The number of hydrogen-bond donors (Lipinski definition) is 0. The zero-order valence-corrected chi connectivity index (χ0v) is 14.1. The van der Waals surface area contributed by atoms with Crippen LogP contribution < -0.4 is 5.56 Å². The molecule has 0 saturated heterocycles. The summed E-state index contributed by atoms with van der Waals surface area (Å²) < 4.78 is 68.0. The fourth-order valence-electron chi connectivity index (χ4n) is 2.67. The lowest BCUT2D eigenvalue weighted by Gasteiger charge is -2.10. The molecule has 0 fully saturated rings. The number of unbranched alkanes of at least 4 members (excludes halogenated alkanes) is 1. The number of rotatable bonds is 5. The molecule has 2 heterocycles. The second-order valence-electron chi connectivity index (χ2n) is 5.93. The number of aldehydes is 1. The van der Waals surface area contributed by atoms with Crippen LogP contribution in [0.5, 0.6) is 0 Å². The van der Waals surface area contributed by atoms with Gasteiger partial charge >= 0.3 is 6.18 Å². The van der Waals surface area contributed by atoms with Gasteiger partial charge in [-0.3, -0.25) is 4.79 Å². The first kappa shape index (κ1) is 19.6. The minimum atomic E-state index is -4.67. The predicted octanol–water partition coefficient (Wildman–Crippen LogP) is 3.73. The molecule has 0 aliphatic carbocycles. The van der Waals surface area contributed by atoms with Gasteiger partial charge in [-0.15, -0.1) is 0 Å². The monoisotopic (exact) mass is 397 g/mol. The number of aryl methyl sites for hydroxylation is 1. The number of benzene rings is 1. The summed E-state index contributed by atoms with van der Waals surface area (Å²) in [4.78, 5) is 29.7. The highest BCUT2D eigenvalue weighted by molar-refractivity contribution is 5.86. The van der Waals surface area contributed by atoms with Gasteiger partial charge in [-0.1, -0.05) is 0 Å². The Morgan fingerprint density at radius 2 is 1.79 bits per heavy atom. The predicted molar refractivity (Wildman–Crippen MR) is 89.5 cm³/mol. The Hall–Kier alpha value is -3.17. The third-order valence-electron chi connectivity index (χ3n) is 4.09. The summed E-state index contributed by atoms with van der Waals surface area (Å²) in [6.07, 6.45) is -1.11. The van der Waals surface area contributed by atoms with E-state index in [0.717, 1.165) is 10.6 Å². The third kappa shape index (κ3) is 3.62. The highest BCUT2D eigenvalue weighted by Crippen LogP contribution is 2.30. The summed E-state index contributed by atoms with van der Waals surface area (Å²) in [5.74, 6) is -3.32. The van der Waals surface area contributed by atoms with Gasteiger partial charge in [-0.05, 0) is 23.9 Å². The minimum Gasteiger partial charge on any atom is -0.315 e. The number of fused-ring (bicyclic) bond motifs is 1. The average molecular weight is 397 g/mol. The summed E-state index contributed by atoms with van der Waals surface area (Å²) in [6, 6.07) is 2.47. The van der Waals surface area contributed by atoms with Gasteiger partial charge < -0.3 is 9.36 Å². The summed E-state index contributed by atoms with van der Waals surface area (Å²) in [7, 11) is 0. The zero-order valence-electron chi connectivity index (χ0n) is 14.1. The molecule has 5 nitrogen and oxygen atoms in total. The fraction of sp³-hybridized carbons (Fsp3) is 0.222. The molecular formula is C18H12F5N3O2. The summed E-state index contributed by atoms with van der Waals surface area (Å²) in [6.45, 7) is 0.151. The maximum atomic E-state index is 14.6. The Balaban J connectivity index is 2.09. The largest absolute Gasteiger partial charge is 0.419 e. The quantitative estimate of drug-likeness (QED) is 0.374. The van der Waals surface area contributed by atoms with E-state index >= 15 is 0 Å². The Kier molecular flexibility index (Phi) is 5.21. The Morgan fingerprint density at radius 3 is 2.39 bits per heavy atom. The van der Waals surface area contributed by atoms with E-state index in [1.54, 1.807) is 0 Å². The van der Waals surface area contributed by atoms with Crippen LogP contribution in [0.4, 0.5) is 22.0 Å². The Morgan fingerprint density at radius 1 is 1.11 bits per heavy atom. The number of alkyl halides is 3. The zero-order chi connectivity index (χ0) is 20.5. The topological polar surface area (TPSA) is 64.8 Å². The van der Waals surface area contributed by atoms with Crippen LogP contribution in [-0.2, 0) is 17.5 Å². The first-order chi connectivity index (χ1) is 13.2. The third-order valence-corrected chi connectivity index (χ3v) is 4.09. The number of hydrogen-bond acceptors (Lipinski definition) is 4.